The lowest BCUT2D eigenvalue weighted by Gasteiger charge is -2.40. The number of ether oxygens (including phenoxy) is 1. The van der Waals surface area contributed by atoms with Crippen molar-refractivity contribution in [3.8, 4) is 0 Å². The Morgan fingerprint density at radius 1 is 1.07 bits per heavy atom. The van der Waals surface area contributed by atoms with Crippen molar-refractivity contribution in [1.29, 1.82) is 0 Å². The predicted molar refractivity (Wildman–Crippen MR) is 111 cm³/mol. The van der Waals surface area contributed by atoms with Gasteiger partial charge in [-0.25, -0.2) is 4.39 Å². The fraction of sp³-hybridized carbons (Fsp3) is 0.440. The summed E-state index contributed by atoms with van der Waals surface area (Å²) in [6, 6.07) is 12.2. The average molecular weight is 407 g/mol. The molecule has 0 aromatic heterocycles. The van der Waals surface area contributed by atoms with Crippen LogP contribution in [0.3, 0.4) is 0 Å². The number of fused-ring (bicyclic) bond motifs is 3. The molecule has 2 aromatic rings. The topological polar surface area (TPSA) is 55.4 Å². The molecule has 3 aliphatic carbocycles. The molecule has 2 saturated carbocycles. The van der Waals surface area contributed by atoms with Crippen molar-refractivity contribution in [3.05, 3.63) is 70.5 Å². The molecule has 3 aliphatic rings. The predicted octanol–water partition coefficient (Wildman–Crippen LogP) is 4.47. The first-order chi connectivity index (χ1) is 14.5. The molecule has 30 heavy (non-hydrogen) atoms. The van der Waals surface area contributed by atoms with E-state index in [2.05, 4.69) is 23.5 Å². The maximum Gasteiger partial charge on any atom is 0.308 e. The minimum atomic E-state index is -0.348. The summed E-state index contributed by atoms with van der Waals surface area (Å²) >= 11 is 0. The van der Waals surface area contributed by atoms with E-state index >= 15 is 0 Å². The van der Waals surface area contributed by atoms with Crippen LogP contribution in [0.4, 0.5) is 4.39 Å². The van der Waals surface area contributed by atoms with Crippen molar-refractivity contribution >= 4 is 11.9 Å². The van der Waals surface area contributed by atoms with Gasteiger partial charge in [-0.3, -0.25) is 9.59 Å². The Morgan fingerprint density at radius 3 is 2.47 bits per heavy atom. The van der Waals surface area contributed by atoms with E-state index in [0.29, 0.717) is 17.4 Å². The lowest BCUT2D eigenvalue weighted by atomic mass is 9.64. The summed E-state index contributed by atoms with van der Waals surface area (Å²) < 4.78 is 18.2. The first kappa shape index (κ1) is 19.3. The third kappa shape index (κ3) is 3.21. The van der Waals surface area contributed by atoms with Gasteiger partial charge in [-0.1, -0.05) is 18.2 Å². The maximum atomic E-state index is 13.2. The third-order valence-electron chi connectivity index (χ3n) is 7.38. The quantitative estimate of drug-likeness (QED) is 0.761. The molecule has 0 saturated heterocycles. The number of aryl methyl sites for hydroxylation is 1. The van der Waals surface area contributed by atoms with E-state index in [-0.39, 0.29) is 29.2 Å². The molecule has 0 heterocycles. The largest absolute Gasteiger partial charge is 0.469 e. The van der Waals surface area contributed by atoms with E-state index in [1.165, 1.54) is 42.5 Å². The summed E-state index contributed by atoms with van der Waals surface area (Å²) in [5.74, 6) is 0.141. The third-order valence-corrected chi connectivity index (χ3v) is 7.38. The highest BCUT2D eigenvalue weighted by Gasteiger charge is 2.48. The average Bonchev–Trinajstić information content (AvgIpc) is 3.51. The Bertz CT molecular complexity index is 996. The van der Waals surface area contributed by atoms with Gasteiger partial charge < -0.3 is 10.1 Å². The van der Waals surface area contributed by atoms with Gasteiger partial charge in [0.1, 0.15) is 5.82 Å². The van der Waals surface area contributed by atoms with Crippen LogP contribution < -0.4 is 5.32 Å². The second-order valence-corrected chi connectivity index (χ2v) is 8.97. The fourth-order valence-corrected chi connectivity index (χ4v) is 5.33. The number of benzene rings is 2. The molecular weight excluding hydrogens is 381 g/mol. The SMILES string of the molecule is COC(=O)C1CCc2ccc(C3(NC(=O)c4ccc(F)cc4)CC3)cc2C2CCC12. The second kappa shape index (κ2) is 7.22. The van der Waals surface area contributed by atoms with Crippen LogP contribution in [-0.4, -0.2) is 19.0 Å². The summed E-state index contributed by atoms with van der Waals surface area (Å²) in [6.45, 7) is 0. The lowest BCUT2D eigenvalue weighted by molar-refractivity contribution is -0.149. The van der Waals surface area contributed by atoms with Crippen molar-refractivity contribution in [1.82, 2.24) is 5.32 Å². The van der Waals surface area contributed by atoms with Gasteiger partial charge in [0.15, 0.2) is 0 Å². The van der Waals surface area contributed by atoms with Gasteiger partial charge in [0.2, 0.25) is 0 Å². The van der Waals surface area contributed by atoms with E-state index in [4.69, 9.17) is 4.74 Å². The molecule has 0 radical (unpaired) electrons. The van der Waals surface area contributed by atoms with Crippen molar-refractivity contribution in [2.45, 2.75) is 50.0 Å². The van der Waals surface area contributed by atoms with Gasteiger partial charge >= 0.3 is 5.97 Å². The lowest BCUT2D eigenvalue weighted by Crippen LogP contribution is -2.36. The molecule has 3 unspecified atom stereocenters. The fourth-order valence-electron chi connectivity index (χ4n) is 5.33. The summed E-state index contributed by atoms with van der Waals surface area (Å²) in [7, 11) is 1.48. The Kier molecular flexibility index (Phi) is 4.64. The zero-order valence-electron chi connectivity index (χ0n) is 17.1. The monoisotopic (exact) mass is 407 g/mol. The van der Waals surface area contributed by atoms with Crippen molar-refractivity contribution in [2.75, 3.05) is 7.11 Å². The molecule has 1 amide bonds. The summed E-state index contributed by atoms with van der Waals surface area (Å²) in [4.78, 5) is 25.0. The number of hydrogen-bond acceptors (Lipinski definition) is 3. The highest BCUT2D eigenvalue weighted by Crippen LogP contribution is 2.53. The zero-order valence-corrected chi connectivity index (χ0v) is 17.1. The van der Waals surface area contributed by atoms with Crippen molar-refractivity contribution in [2.24, 2.45) is 11.8 Å². The number of esters is 1. The number of carbonyl (C=O) groups is 2. The van der Waals surface area contributed by atoms with E-state index in [0.717, 1.165) is 44.1 Å². The van der Waals surface area contributed by atoms with Crippen LogP contribution >= 0.6 is 0 Å². The van der Waals surface area contributed by atoms with Crippen LogP contribution in [0.15, 0.2) is 42.5 Å². The molecule has 2 aromatic carbocycles. The van der Waals surface area contributed by atoms with E-state index in [9.17, 15) is 14.0 Å². The number of amides is 1. The number of methoxy groups -OCH3 is 1. The van der Waals surface area contributed by atoms with Crippen molar-refractivity contribution in [3.63, 3.8) is 0 Å². The maximum absolute atomic E-state index is 13.2. The van der Waals surface area contributed by atoms with E-state index in [1.54, 1.807) is 0 Å². The molecule has 5 heteroatoms. The number of rotatable bonds is 4. The Hall–Kier alpha value is -2.69. The van der Waals surface area contributed by atoms with Gasteiger partial charge in [-0.15, -0.1) is 0 Å². The normalized spacial score (nSPS) is 25.7. The second-order valence-electron chi connectivity index (χ2n) is 8.97. The summed E-state index contributed by atoms with van der Waals surface area (Å²) in [5, 5.41) is 3.19. The first-order valence-electron chi connectivity index (χ1n) is 10.8. The van der Waals surface area contributed by atoms with Crippen LogP contribution in [0.2, 0.25) is 0 Å². The van der Waals surface area contributed by atoms with E-state index in [1.807, 2.05) is 0 Å². The Morgan fingerprint density at radius 2 is 1.83 bits per heavy atom. The van der Waals surface area contributed by atoms with Gasteiger partial charge in [0.25, 0.3) is 5.91 Å². The summed E-state index contributed by atoms with van der Waals surface area (Å²) in [5.41, 5.74) is 3.93. The van der Waals surface area contributed by atoms with Gasteiger partial charge in [-0.05, 0) is 91.3 Å². The zero-order chi connectivity index (χ0) is 20.9. The minimum Gasteiger partial charge on any atom is -0.469 e. The van der Waals surface area contributed by atoms with Crippen molar-refractivity contribution < 1.29 is 18.7 Å². The molecule has 156 valence electrons. The summed E-state index contributed by atoms with van der Waals surface area (Å²) in [6.07, 6.45) is 5.70. The highest BCUT2D eigenvalue weighted by molar-refractivity contribution is 5.95. The first-order valence-corrected chi connectivity index (χ1v) is 10.8. The molecule has 0 bridgehead atoms. The molecule has 1 N–H and O–H groups in total. The van der Waals surface area contributed by atoms with Gasteiger partial charge in [0.05, 0.1) is 18.6 Å². The van der Waals surface area contributed by atoms with Gasteiger partial charge in [0, 0.05) is 5.56 Å². The number of hydrogen-bond donors (Lipinski definition) is 1. The standard InChI is InChI=1S/C25H26FNO3/c1-30-24(29)21-9-5-15-2-6-17(14-22(15)20-11-10-19(20)21)25(12-13-25)27-23(28)16-3-7-18(26)8-4-16/h2-4,6-8,14,19-21H,5,9-13H2,1H3,(H,27,28). The highest BCUT2D eigenvalue weighted by atomic mass is 19.1. The van der Waals surface area contributed by atoms with Crippen LogP contribution in [0.25, 0.3) is 0 Å². The molecule has 5 rings (SSSR count). The van der Waals surface area contributed by atoms with E-state index < -0.39 is 0 Å². The smallest absolute Gasteiger partial charge is 0.308 e. The number of nitrogens with one attached hydrogen (secondary N) is 1. The molecule has 2 fully saturated rings. The Balaban J connectivity index is 1.40. The van der Waals surface area contributed by atoms with Crippen LogP contribution in [0.1, 0.15) is 65.1 Å². The van der Waals surface area contributed by atoms with Crippen LogP contribution in [0, 0.1) is 17.7 Å². The number of halogens is 1. The molecule has 3 atom stereocenters. The van der Waals surface area contributed by atoms with Crippen LogP contribution in [-0.2, 0) is 21.5 Å². The molecular formula is C25H26FNO3. The minimum absolute atomic E-state index is 0.0161. The molecule has 0 spiro atoms. The van der Waals surface area contributed by atoms with Crippen LogP contribution in [0.5, 0.6) is 0 Å². The van der Waals surface area contributed by atoms with Gasteiger partial charge in [-0.2, -0.15) is 0 Å². The number of carbonyl (C=O) groups excluding carboxylic acids is 2. The Labute approximate surface area is 175 Å². The molecule has 4 nitrogen and oxygen atoms in total. The molecule has 0 aliphatic heterocycles.